The van der Waals surface area contributed by atoms with Gasteiger partial charge in [-0.05, 0) is 154 Å². The number of benzene rings is 12. The molecule has 3 aliphatic carbocycles. The number of rotatable bonds is 3. The molecule has 4 heterocycles. The van der Waals surface area contributed by atoms with Gasteiger partial charge in [0.05, 0.1) is 34.1 Å². The van der Waals surface area contributed by atoms with Gasteiger partial charge in [0.15, 0.2) is 0 Å². The Bertz CT molecular complexity index is 5140. The van der Waals surface area contributed by atoms with Gasteiger partial charge < -0.3 is 0 Å². The highest BCUT2D eigenvalue weighted by molar-refractivity contribution is 6.07. The molecule has 0 atom stereocenters. The summed E-state index contributed by atoms with van der Waals surface area (Å²) in [5, 5.41) is 14.7. The van der Waals surface area contributed by atoms with Crippen molar-refractivity contribution >= 4 is 137 Å². The molecule has 0 saturated heterocycles. The summed E-state index contributed by atoms with van der Waals surface area (Å²) in [7, 11) is 0. The van der Waals surface area contributed by atoms with Gasteiger partial charge in [-0.2, -0.15) is 15.0 Å². The Labute approximate surface area is 519 Å². The smallest absolute Gasteiger partial charge is 0.241 e. The molecule has 0 bridgehead atoms. The monoisotopic (exact) mass is 1150 g/mol. The molecule has 13 aromatic rings. The fourth-order valence-corrected chi connectivity index (χ4v) is 15.4. The van der Waals surface area contributed by atoms with Crippen LogP contribution in [0, 0.1) is 0 Å². The van der Waals surface area contributed by atoms with Crippen LogP contribution in [-0.2, 0) is 0 Å². The zero-order chi connectivity index (χ0) is 59.0. The number of fused-ring (bicyclic) bond motifs is 12. The minimum atomic E-state index is 0.492. The van der Waals surface area contributed by atoms with Crippen LogP contribution in [0.5, 0.6) is 0 Å². The van der Waals surface area contributed by atoms with Gasteiger partial charge in [-0.25, -0.2) is 0 Å². The quantitative estimate of drug-likeness (QED) is 0.176. The van der Waals surface area contributed by atoms with E-state index < -0.39 is 0 Å². The van der Waals surface area contributed by atoms with E-state index in [1.165, 1.54) is 97.0 Å². The van der Waals surface area contributed by atoms with Crippen molar-refractivity contribution in [3.8, 4) is 0 Å². The number of allylic oxidation sites excluding steroid dienone is 3. The van der Waals surface area contributed by atoms with E-state index in [1.807, 2.05) is 0 Å². The van der Waals surface area contributed by atoms with Gasteiger partial charge in [-0.1, -0.05) is 237 Å². The predicted octanol–water partition coefficient (Wildman–Crippen LogP) is 16.0. The number of aromatic nitrogens is 3. The highest BCUT2D eigenvalue weighted by Crippen LogP contribution is 2.53. The largest absolute Gasteiger partial charge is 0.278 e. The third-order valence-corrected chi connectivity index (χ3v) is 19.1. The molecule has 0 saturated carbocycles. The normalized spacial score (nSPS) is 14.5. The lowest BCUT2D eigenvalue weighted by molar-refractivity contribution is 0.954. The van der Waals surface area contributed by atoms with E-state index in [9.17, 15) is 0 Å². The van der Waals surface area contributed by atoms with Gasteiger partial charge in [0.1, 0.15) is 0 Å². The predicted molar refractivity (Wildman–Crippen MR) is 373 cm³/mol. The number of hydrogen-bond acceptors (Lipinski definition) is 6. The van der Waals surface area contributed by atoms with Crippen molar-refractivity contribution in [2.45, 2.75) is 19.3 Å². The van der Waals surface area contributed by atoms with Gasteiger partial charge in [-0.15, -0.1) is 0 Å². The minimum Gasteiger partial charge on any atom is -0.278 e. The van der Waals surface area contributed by atoms with Crippen LogP contribution in [0.2, 0.25) is 0 Å². The molecule has 0 unspecified atom stereocenters. The Morgan fingerprint density at radius 2 is 0.489 bits per heavy atom. The summed E-state index contributed by atoms with van der Waals surface area (Å²) in [4.78, 5) is 24.6. The van der Waals surface area contributed by atoms with Crippen molar-refractivity contribution in [2.75, 3.05) is 14.7 Å². The Morgan fingerprint density at radius 3 is 0.756 bits per heavy atom. The summed E-state index contributed by atoms with van der Waals surface area (Å²) in [6, 6.07) is 86.6. The van der Waals surface area contributed by atoms with Crippen molar-refractivity contribution in [2.24, 2.45) is 0 Å². The lowest BCUT2D eigenvalue weighted by Gasteiger charge is -2.37. The second kappa shape index (κ2) is 19.9. The molecule has 0 N–H and O–H groups in total. The molecule has 6 heteroatoms. The molecule has 19 rings (SSSR count). The molecular weight excluding hydrogens is 1090 g/mol. The van der Waals surface area contributed by atoms with Crippen LogP contribution >= 0.6 is 0 Å². The van der Waals surface area contributed by atoms with E-state index in [0.29, 0.717) is 17.8 Å². The molecule has 12 aromatic carbocycles. The Balaban J connectivity index is 0.922. The maximum Gasteiger partial charge on any atom is 0.241 e. The van der Waals surface area contributed by atoms with Crippen LogP contribution in [0.15, 0.2) is 255 Å². The van der Waals surface area contributed by atoms with Crippen molar-refractivity contribution in [3.63, 3.8) is 0 Å². The second-order valence-electron chi connectivity index (χ2n) is 23.9. The summed E-state index contributed by atoms with van der Waals surface area (Å²) < 4.78 is 0. The molecule has 1 aromatic heterocycles. The first kappa shape index (κ1) is 50.4. The van der Waals surface area contributed by atoms with E-state index in [-0.39, 0.29) is 0 Å². The molecule has 0 spiro atoms. The Hall–Kier alpha value is -11.7. The summed E-state index contributed by atoms with van der Waals surface area (Å²) in [5.41, 5.74) is 19.6. The Kier molecular flexibility index (Phi) is 11.2. The Morgan fingerprint density at radius 1 is 0.256 bits per heavy atom. The number of nitrogens with zero attached hydrogens (tertiary/aromatic N) is 6. The van der Waals surface area contributed by atoms with E-state index in [1.54, 1.807) is 0 Å². The maximum absolute atomic E-state index is 5.90. The van der Waals surface area contributed by atoms with Crippen molar-refractivity contribution in [1.82, 2.24) is 15.0 Å². The van der Waals surface area contributed by atoms with Crippen molar-refractivity contribution < 1.29 is 0 Å². The first-order chi connectivity index (χ1) is 44.7. The number of hydrogen-bond donors (Lipinski definition) is 0. The van der Waals surface area contributed by atoms with E-state index in [0.717, 1.165) is 86.8 Å². The first-order valence-electron chi connectivity index (χ1n) is 31.2. The fourth-order valence-electron chi connectivity index (χ4n) is 15.4. The van der Waals surface area contributed by atoms with Crippen molar-refractivity contribution in [1.29, 1.82) is 0 Å². The van der Waals surface area contributed by atoms with Crippen LogP contribution in [0.25, 0.3) is 85.5 Å². The van der Waals surface area contributed by atoms with Crippen molar-refractivity contribution in [3.05, 3.63) is 336 Å². The van der Waals surface area contributed by atoms with Gasteiger partial charge in [0.2, 0.25) is 17.8 Å². The average Bonchev–Trinajstić information content (AvgIpc) is 0.760. The molecular formula is C84H54N6. The average molecular weight is 1150 g/mol. The lowest BCUT2D eigenvalue weighted by Crippen LogP contribution is -2.35. The molecule has 0 amide bonds. The van der Waals surface area contributed by atoms with Crippen LogP contribution in [0.1, 0.15) is 69.3 Å². The van der Waals surface area contributed by atoms with Crippen LogP contribution in [0.4, 0.5) is 52.0 Å². The number of anilines is 9. The van der Waals surface area contributed by atoms with Crippen LogP contribution in [0.3, 0.4) is 0 Å². The van der Waals surface area contributed by atoms with Gasteiger partial charge in [-0.3, -0.25) is 14.7 Å². The number of para-hydroxylation sites is 6. The lowest BCUT2D eigenvalue weighted by atomic mass is 9.85. The zero-order valence-electron chi connectivity index (χ0n) is 49.0. The van der Waals surface area contributed by atoms with E-state index >= 15 is 0 Å². The van der Waals surface area contributed by atoms with Gasteiger partial charge in [0.25, 0.3) is 0 Å². The summed E-state index contributed by atoms with van der Waals surface area (Å²) in [6.07, 6.45) is 23.5. The summed E-state index contributed by atoms with van der Waals surface area (Å²) in [5.74, 6) is 1.48. The second-order valence-corrected chi connectivity index (χ2v) is 23.9. The SMILES string of the molecule is C1=Cc2cc3ccccc3c(=C3c4ccccc4N(c4nc(N5c6ccccc6C(=c6c7c(cc8ccccc68)C=CCC=7)c6ccccc65)nc(N5c6ccccc6C(=c6c7c(cc8ccccc68)C=CCC=7)c6ccccc65)n4)c4ccccc43)c2=CC1. The molecule has 6 nitrogen and oxygen atoms in total. The molecule has 0 fully saturated rings. The zero-order valence-corrected chi connectivity index (χ0v) is 49.0. The maximum atomic E-state index is 5.90. The highest BCUT2D eigenvalue weighted by Gasteiger charge is 2.37. The summed E-state index contributed by atoms with van der Waals surface area (Å²) in [6.45, 7) is 0. The van der Waals surface area contributed by atoms with Gasteiger partial charge in [0, 0.05) is 50.1 Å². The molecule has 420 valence electrons. The molecule has 6 aliphatic rings. The topological polar surface area (TPSA) is 48.4 Å². The van der Waals surface area contributed by atoms with E-state index in [4.69, 9.17) is 15.0 Å². The summed E-state index contributed by atoms with van der Waals surface area (Å²) >= 11 is 0. The minimum absolute atomic E-state index is 0.492. The molecule has 3 aliphatic heterocycles. The molecule has 0 radical (unpaired) electrons. The van der Waals surface area contributed by atoms with Crippen LogP contribution in [-0.4, -0.2) is 15.0 Å². The third-order valence-electron chi connectivity index (χ3n) is 19.1. The third kappa shape index (κ3) is 7.49. The van der Waals surface area contributed by atoms with Gasteiger partial charge >= 0.3 is 0 Å². The standard InChI is InChI=1S/C84H54N6/c1-7-31-58-52(25-1)49-53-26-2-8-32-59(53)76(58)79-64-37-13-19-43-70(64)88(71-44-20-14-38-65(71)79)82-85-83(89-72-45-21-15-39-66(72)80(67-40-16-22-46-73(67)89)77-60-33-9-3-27-54(60)50-55-28-4-10-34-61(55)77)87-84(86-82)90-74-47-23-17-41-68(74)81(69-42-18-24-48-75(69)90)78-62-35-11-5-29-56(62)51-57-30-6-12-36-63(57)78/h1-7,9,11,13-51H,8,10,12H2. The molecule has 90 heavy (non-hydrogen) atoms. The fraction of sp³-hybridized carbons (Fsp3) is 0.0357. The van der Waals surface area contributed by atoms with E-state index in [2.05, 4.69) is 306 Å². The highest BCUT2D eigenvalue weighted by atomic mass is 15.4. The first-order valence-corrected chi connectivity index (χ1v) is 31.2. The van der Waals surface area contributed by atoms with Crippen LogP contribution < -0.4 is 46.0 Å².